The van der Waals surface area contributed by atoms with Crippen LogP contribution in [0, 0.1) is 6.92 Å². The number of aryl methyl sites for hydroxylation is 1. The van der Waals surface area contributed by atoms with Crippen molar-refractivity contribution in [1.82, 2.24) is 4.98 Å². The Kier molecular flexibility index (Phi) is 6.11. The Labute approximate surface area is 107 Å². The molecule has 0 radical (unpaired) electrons. The minimum absolute atomic E-state index is 0.0353. The number of amides is 1. The van der Waals surface area contributed by atoms with Crippen LogP contribution in [-0.4, -0.2) is 16.7 Å². The molecule has 100 valence electrons. The van der Waals surface area contributed by atoms with Crippen LogP contribution in [0.25, 0.3) is 0 Å². The zero-order valence-corrected chi connectivity index (χ0v) is 11.0. The van der Waals surface area contributed by atoms with Gasteiger partial charge in [-0.2, -0.15) is 4.98 Å². The average Bonchev–Trinajstić information content (AvgIpc) is 2.70. The van der Waals surface area contributed by atoms with Gasteiger partial charge in [0.05, 0.1) is 12.1 Å². The molecule has 1 rings (SSSR count). The van der Waals surface area contributed by atoms with Crippen LogP contribution in [0.4, 0.5) is 6.01 Å². The molecule has 0 spiro atoms. The maximum atomic E-state index is 11.5. The zero-order chi connectivity index (χ0) is 13.4. The van der Waals surface area contributed by atoms with Crippen molar-refractivity contribution in [3.63, 3.8) is 0 Å². The molecule has 0 saturated carbocycles. The summed E-state index contributed by atoms with van der Waals surface area (Å²) >= 11 is 0. The number of ketones is 1. The minimum Gasteiger partial charge on any atom is -0.432 e. The number of hydrogen-bond acceptors (Lipinski definition) is 4. The SMILES string of the molecule is CCCCCCC(=O)CC(=O)Nc1nc(C)co1. The van der Waals surface area contributed by atoms with Crippen LogP contribution < -0.4 is 5.32 Å². The highest BCUT2D eigenvalue weighted by Crippen LogP contribution is 2.08. The molecular weight excluding hydrogens is 232 g/mol. The molecule has 0 atom stereocenters. The van der Waals surface area contributed by atoms with E-state index in [0.717, 1.165) is 25.7 Å². The molecule has 18 heavy (non-hydrogen) atoms. The van der Waals surface area contributed by atoms with Crippen LogP contribution in [0.2, 0.25) is 0 Å². The third-order valence-electron chi connectivity index (χ3n) is 2.53. The Bertz CT molecular complexity index is 399. The van der Waals surface area contributed by atoms with Gasteiger partial charge in [0.2, 0.25) is 5.91 Å². The molecule has 0 saturated heterocycles. The van der Waals surface area contributed by atoms with E-state index in [1.165, 1.54) is 6.26 Å². The summed E-state index contributed by atoms with van der Waals surface area (Å²) in [6, 6.07) is 0.149. The van der Waals surface area contributed by atoms with Gasteiger partial charge in [-0.1, -0.05) is 26.2 Å². The third kappa shape index (κ3) is 5.61. The van der Waals surface area contributed by atoms with Crippen molar-refractivity contribution in [2.45, 2.75) is 52.4 Å². The number of nitrogens with zero attached hydrogens (tertiary/aromatic N) is 1. The van der Waals surface area contributed by atoms with Gasteiger partial charge in [0.15, 0.2) is 0 Å². The van der Waals surface area contributed by atoms with E-state index in [1.807, 2.05) is 0 Å². The maximum Gasteiger partial charge on any atom is 0.301 e. The van der Waals surface area contributed by atoms with Gasteiger partial charge < -0.3 is 4.42 Å². The van der Waals surface area contributed by atoms with Gasteiger partial charge in [-0.05, 0) is 13.3 Å². The highest BCUT2D eigenvalue weighted by atomic mass is 16.4. The van der Waals surface area contributed by atoms with Gasteiger partial charge in [-0.15, -0.1) is 0 Å². The van der Waals surface area contributed by atoms with Crippen molar-refractivity contribution in [2.75, 3.05) is 5.32 Å². The number of unbranched alkanes of at least 4 members (excludes halogenated alkanes) is 3. The lowest BCUT2D eigenvalue weighted by molar-refractivity contribution is -0.125. The van der Waals surface area contributed by atoms with Crippen molar-refractivity contribution in [2.24, 2.45) is 0 Å². The molecule has 0 aliphatic heterocycles. The van der Waals surface area contributed by atoms with Crippen LogP contribution in [0.1, 0.15) is 51.1 Å². The Morgan fingerprint density at radius 1 is 1.33 bits per heavy atom. The summed E-state index contributed by atoms with van der Waals surface area (Å²) in [5.74, 6) is -0.399. The lowest BCUT2D eigenvalue weighted by Gasteiger charge is -2.01. The molecule has 1 aromatic heterocycles. The van der Waals surface area contributed by atoms with E-state index in [-0.39, 0.29) is 24.1 Å². The highest BCUT2D eigenvalue weighted by Gasteiger charge is 2.11. The highest BCUT2D eigenvalue weighted by molar-refractivity contribution is 6.03. The zero-order valence-electron chi connectivity index (χ0n) is 11.0. The molecule has 5 nitrogen and oxygen atoms in total. The first-order valence-corrected chi connectivity index (χ1v) is 6.35. The van der Waals surface area contributed by atoms with E-state index in [9.17, 15) is 9.59 Å². The standard InChI is InChI=1S/C13H20N2O3/c1-3-4-5-6-7-11(16)8-12(17)15-13-14-10(2)9-18-13/h9H,3-8H2,1-2H3,(H,14,15,17). The van der Waals surface area contributed by atoms with Gasteiger partial charge in [0.25, 0.3) is 0 Å². The third-order valence-corrected chi connectivity index (χ3v) is 2.53. The molecule has 1 aromatic rings. The summed E-state index contributed by atoms with van der Waals surface area (Å²) in [6.07, 6.45) is 5.99. The number of hydrogen-bond donors (Lipinski definition) is 1. The van der Waals surface area contributed by atoms with E-state index in [0.29, 0.717) is 12.1 Å². The molecule has 1 heterocycles. The fourth-order valence-corrected chi connectivity index (χ4v) is 1.59. The van der Waals surface area contributed by atoms with Crippen LogP contribution in [0.3, 0.4) is 0 Å². The van der Waals surface area contributed by atoms with Crippen LogP contribution in [-0.2, 0) is 9.59 Å². The predicted octanol–water partition coefficient (Wildman–Crippen LogP) is 2.85. The average molecular weight is 252 g/mol. The van der Waals surface area contributed by atoms with Gasteiger partial charge >= 0.3 is 6.01 Å². The Balaban J connectivity index is 2.21. The van der Waals surface area contributed by atoms with Crippen molar-refractivity contribution in [3.05, 3.63) is 12.0 Å². The quantitative estimate of drug-likeness (QED) is 0.570. The molecular formula is C13H20N2O3. The monoisotopic (exact) mass is 252 g/mol. The predicted molar refractivity (Wildman–Crippen MR) is 68.3 cm³/mol. The molecule has 1 N–H and O–H groups in total. The van der Waals surface area contributed by atoms with Crippen molar-refractivity contribution < 1.29 is 14.0 Å². The van der Waals surface area contributed by atoms with Gasteiger partial charge in [-0.25, -0.2) is 0 Å². The number of nitrogens with one attached hydrogen (secondary N) is 1. The lowest BCUT2D eigenvalue weighted by Crippen LogP contribution is -2.16. The van der Waals surface area contributed by atoms with E-state index in [4.69, 9.17) is 4.42 Å². The number of carbonyl (C=O) groups is 2. The van der Waals surface area contributed by atoms with E-state index in [2.05, 4.69) is 17.2 Å². The molecule has 5 heteroatoms. The molecule has 0 fully saturated rings. The summed E-state index contributed by atoms with van der Waals surface area (Å²) < 4.78 is 4.98. The Morgan fingerprint density at radius 3 is 2.72 bits per heavy atom. The summed E-state index contributed by atoms with van der Waals surface area (Å²) in [6.45, 7) is 3.88. The van der Waals surface area contributed by atoms with Gasteiger partial charge in [-0.3, -0.25) is 14.9 Å². The molecule has 0 unspecified atom stereocenters. The Morgan fingerprint density at radius 2 is 2.11 bits per heavy atom. The summed E-state index contributed by atoms with van der Waals surface area (Å²) in [7, 11) is 0. The Hall–Kier alpha value is -1.65. The molecule has 0 aromatic carbocycles. The molecule has 1 amide bonds. The fourth-order valence-electron chi connectivity index (χ4n) is 1.59. The normalized spacial score (nSPS) is 10.3. The molecule has 0 aliphatic carbocycles. The number of Topliss-reactive ketones (excluding diaryl/α,β-unsaturated/α-hetero) is 1. The second-order valence-corrected chi connectivity index (χ2v) is 4.37. The number of carbonyl (C=O) groups excluding carboxylic acids is 2. The smallest absolute Gasteiger partial charge is 0.301 e. The van der Waals surface area contributed by atoms with Gasteiger partial charge in [0.1, 0.15) is 12.0 Å². The van der Waals surface area contributed by atoms with Crippen LogP contribution >= 0.6 is 0 Å². The van der Waals surface area contributed by atoms with Crippen LogP contribution in [0.5, 0.6) is 0 Å². The topological polar surface area (TPSA) is 72.2 Å². The van der Waals surface area contributed by atoms with Crippen molar-refractivity contribution in [1.29, 1.82) is 0 Å². The van der Waals surface area contributed by atoms with E-state index < -0.39 is 0 Å². The van der Waals surface area contributed by atoms with Crippen LogP contribution in [0.15, 0.2) is 10.7 Å². The second-order valence-electron chi connectivity index (χ2n) is 4.37. The number of oxazole rings is 1. The van der Waals surface area contributed by atoms with Gasteiger partial charge in [0, 0.05) is 6.42 Å². The first-order valence-electron chi connectivity index (χ1n) is 6.35. The maximum absolute atomic E-state index is 11.5. The number of aromatic nitrogens is 1. The summed E-state index contributed by atoms with van der Waals surface area (Å²) in [5, 5.41) is 2.46. The fraction of sp³-hybridized carbons (Fsp3) is 0.615. The first-order chi connectivity index (χ1) is 8.61. The molecule has 0 bridgehead atoms. The largest absolute Gasteiger partial charge is 0.432 e. The minimum atomic E-state index is -0.364. The van der Waals surface area contributed by atoms with Crippen molar-refractivity contribution >= 4 is 17.7 Å². The first kappa shape index (κ1) is 14.4. The van der Waals surface area contributed by atoms with E-state index in [1.54, 1.807) is 6.92 Å². The lowest BCUT2D eigenvalue weighted by atomic mass is 10.1. The summed E-state index contributed by atoms with van der Waals surface area (Å²) in [4.78, 5) is 26.9. The van der Waals surface area contributed by atoms with E-state index >= 15 is 0 Å². The number of anilines is 1. The molecule has 0 aliphatic rings. The second kappa shape index (κ2) is 7.63. The summed E-state index contributed by atoms with van der Waals surface area (Å²) in [5.41, 5.74) is 0.691. The van der Waals surface area contributed by atoms with Crippen molar-refractivity contribution in [3.8, 4) is 0 Å². The number of rotatable bonds is 8.